The van der Waals surface area contributed by atoms with E-state index in [1.54, 1.807) is 17.8 Å². The van der Waals surface area contributed by atoms with Crippen LogP contribution in [0, 0.1) is 13.8 Å². The van der Waals surface area contributed by atoms with Crippen LogP contribution in [0.25, 0.3) is 22.0 Å². The SMILES string of the molecule is Cc1ccc2c(CSc3nc4ccc(Cl)cc4[nH]3)cc(=O)oc2c1C. The van der Waals surface area contributed by atoms with Crippen LogP contribution in [0.2, 0.25) is 5.02 Å². The van der Waals surface area contributed by atoms with E-state index in [0.29, 0.717) is 16.4 Å². The summed E-state index contributed by atoms with van der Waals surface area (Å²) in [6, 6.07) is 11.2. The number of rotatable bonds is 3. The second kappa shape index (κ2) is 6.24. The van der Waals surface area contributed by atoms with Gasteiger partial charge >= 0.3 is 5.63 Å². The van der Waals surface area contributed by atoms with Crippen LogP contribution in [-0.4, -0.2) is 9.97 Å². The number of aromatic amines is 1. The van der Waals surface area contributed by atoms with Crippen molar-refractivity contribution in [3.63, 3.8) is 0 Å². The van der Waals surface area contributed by atoms with E-state index in [-0.39, 0.29) is 5.63 Å². The van der Waals surface area contributed by atoms with E-state index in [4.69, 9.17) is 16.0 Å². The van der Waals surface area contributed by atoms with E-state index >= 15 is 0 Å². The largest absolute Gasteiger partial charge is 0.422 e. The molecule has 0 atom stereocenters. The van der Waals surface area contributed by atoms with Gasteiger partial charge in [-0.2, -0.15) is 0 Å². The molecule has 0 saturated heterocycles. The van der Waals surface area contributed by atoms with Crippen LogP contribution < -0.4 is 5.63 Å². The molecule has 0 saturated carbocycles. The first-order valence-corrected chi connectivity index (χ1v) is 9.18. The van der Waals surface area contributed by atoms with Gasteiger partial charge < -0.3 is 9.40 Å². The fourth-order valence-electron chi connectivity index (χ4n) is 2.82. The molecule has 0 spiro atoms. The number of fused-ring (bicyclic) bond motifs is 2. The summed E-state index contributed by atoms with van der Waals surface area (Å²) in [5, 5.41) is 2.43. The first-order valence-electron chi connectivity index (χ1n) is 7.82. The molecule has 2 heterocycles. The molecule has 0 aliphatic rings. The highest BCUT2D eigenvalue weighted by atomic mass is 35.5. The molecule has 2 aromatic heterocycles. The van der Waals surface area contributed by atoms with Gasteiger partial charge in [-0.15, -0.1) is 0 Å². The molecule has 0 bridgehead atoms. The fourth-order valence-corrected chi connectivity index (χ4v) is 3.87. The molecule has 0 aliphatic heterocycles. The molecule has 0 amide bonds. The first kappa shape index (κ1) is 16.2. The lowest BCUT2D eigenvalue weighted by atomic mass is 10.0. The summed E-state index contributed by atoms with van der Waals surface area (Å²) in [7, 11) is 0. The van der Waals surface area contributed by atoms with Crippen molar-refractivity contribution in [1.82, 2.24) is 9.97 Å². The molecule has 126 valence electrons. The second-order valence-corrected chi connectivity index (χ2v) is 7.37. The molecular formula is C19H15ClN2O2S. The highest BCUT2D eigenvalue weighted by Gasteiger charge is 2.11. The molecule has 0 radical (unpaired) electrons. The van der Waals surface area contributed by atoms with Gasteiger partial charge in [0.05, 0.1) is 11.0 Å². The van der Waals surface area contributed by atoms with Gasteiger partial charge in [0.1, 0.15) is 5.58 Å². The standard InChI is InChI=1S/C19H15ClN2O2S/c1-10-3-5-14-12(7-17(23)24-18(14)11(10)2)9-25-19-21-15-6-4-13(20)8-16(15)22-19/h3-8H,9H2,1-2H3,(H,21,22). The van der Waals surface area contributed by atoms with Crippen LogP contribution in [0.1, 0.15) is 16.7 Å². The number of halogens is 1. The molecule has 4 nitrogen and oxygen atoms in total. The van der Waals surface area contributed by atoms with E-state index in [1.807, 2.05) is 38.1 Å². The number of thioether (sulfide) groups is 1. The zero-order valence-electron chi connectivity index (χ0n) is 13.7. The van der Waals surface area contributed by atoms with Crippen LogP contribution in [0.5, 0.6) is 0 Å². The third kappa shape index (κ3) is 3.05. The zero-order valence-corrected chi connectivity index (χ0v) is 15.3. The Hall–Kier alpha value is -2.24. The average molecular weight is 371 g/mol. The van der Waals surface area contributed by atoms with Gasteiger partial charge in [0.15, 0.2) is 5.16 Å². The maximum atomic E-state index is 11.9. The first-order chi connectivity index (χ1) is 12.0. The minimum Gasteiger partial charge on any atom is -0.422 e. The van der Waals surface area contributed by atoms with Gasteiger partial charge in [0.2, 0.25) is 0 Å². The summed E-state index contributed by atoms with van der Waals surface area (Å²) in [5.41, 5.74) is 5.16. The van der Waals surface area contributed by atoms with Crippen molar-refractivity contribution in [1.29, 1.82) is 0 Å². The number of imidazole rings is 1. The van der Waals surface area contributed by atoms with E-state index in [1.165, 1.54) is 0 Å². The van der Waals surface area contributed by atoms with Crippen molar-refractivity contribution in [3.8, 4) is 0 Å². The number of nitrogens with one attached hydrogen (secondary N) is 1. The fraction of sp³-hybridized carbons (Fsp3) is 0.158. The Labute approximate surface area is 153 Å². The lowest BCUT2D eigenvalue weighted by molar-refractivity contribution is 0.557. The lowest BCUT2D eigenvalue weighted by Gasteiger charge is -2.08. The Morgan fingerprint density at radius 1 is 1.20 bits per heavy atom. The van der Waals surface area contributed by atoms with Gasteiger partial charge in [0.25, 0.3) is 0 Å². The Morgan fingerprint density at radius 3 is 2.88 bits per heavy atom. The van der Waals surface area contributed by atoms with Gasteiger partial charge in [-0.1, -0.05) is 35.5 Å². The van der Waals surface area contributed by atoms with E-state index < -0.39 is 0 Å². The maximum Gasteiger partial charge on any atom is 0.336 e. The molecule has 0 aliphatic carbocycles. The minimum atomic E-state index is -0.326. The van der Waals surface area contributed by atoms with Crippen LogP contribution in [0.15, 0.2) is 50.8 Å². The van der Waals surface area contributed by atoms with Gasteiger partial charge in [-0.25, -0.2) is 9.78 Å². The predicted molar refractivity (Wildman–Crippen MR) is 103 cm³/mol. The number of benzene rings is 2. The normalized spacial score (nSPS) is 11.5. The predicted octanol–water partition coefficient (Wildman–Crippen LogP) is 5.23. The Morgan fingerprint density at radius 2 is 2.04 bits per heavy atom. The van der Waals surface area contributed by atoms with Crippen LogP contribution in [0.4, 0.5) is 0 Å². The zero-order chi connectivity index (χ0) is 17.6. The van der Waals surface area contributed by atoms with Gasteiger partial charge in [-0.3, -0.25) is 0 Å². The monoisotopic (exact) mass is 370 g/mol. The molecule has 0 unspecified atom stereocenters. The van der Waals surface area contributed by atoms with Crippen molar-refractivity contribution in [2.75, 3.05) is 0 Å². The molecule has 0 fully saturated rings. The lowest BCUT2D eigenvalue weighted by Crippen LogP contribution is -2.01. The third-order valence-electron chi connectivity index (χ3n) is 4.30. The minimum absolute atomic E-state index is 0.326. The summed E-state index contributed by atoms with van der Waals surface area (Å²) >= 11 is 7.56. The number of hydrogen-bond acceptors (Lipinski definition) is 4. The Balaban J connectivity index is 1.70. The summed E-state index contributed by atoms with van der Waals surface area (Å²) in [4.78, 5) is 19.7. The molecule has 2 aromatic carbocycles. The van der Waals surface area contributed by atoms with Gasteiger partial charge in [0, 0.05) is 22.2 Å². The molecule has 4 aromatic rings. The quantitative estimate of drug-likeness (QED) is 0.396. The van der Waals surface area contributed by atoms with Crippen molar-refractivity contribution in [3.05, 3.63) is 68.5 Å². The number of aryl methyl sites for hydroxylation is 2. The summed E-state index contributed by atoms with van der Waals surface area (Å²) < 4.78 is 5.42. The molecular weight excluding hydrogens is 356 g/mol. The maximum absolute atomic E-state index is 11.9. The topological polar surface area (TPSA) is 58.9 Å². The van der Waals surface area contributed by atoms with Crippen molar-refractivity contribution >= 4 is 45.4 Å². The van der Waals surface area contributed by atoms with E-state index in [0.717, 1.165) is 38.3 Å². The molecule has 6 heteroatoms. The average Bonchev–Trinajstić information content (AvgIpc) is 2.98. The highest BCUT2D eigenvalue weighted by molar-refractivity contribution is 7.98. The number of nitrogens with zero attached hydrogens (tertiary/aromatic N) is 1. The molecule has 4 rings (SSSR count). The van der Waals surface area contributed by atoms with Crippen molar-refractivity contribution < 1.29 is 4.42 Å². The van der Waals surface area contributed by atoms with E-state index in [9.17, 15) is 4.79 Å². The molecule has 1 N–H and O–H groups in total. The van der Waals surface area contributed by atoms with E-state index in [2.05, 4.69) is 16.0 Å². The highest BCUT2D eigenvalue weighted by Crippen LogP contribution is 2.29. The summed E-state index contributed by atoms with van der Waals surface area (Å²) in [5.74, 6) is 0.623. The number of H-pyrrole nitrogens is 1. The van der Waals surface area contributed by atoms with Crippen molar-refractivity contribution in [2.24, 2.45) is 0 Å². The Kier molecular flexibility index (Phi) is 4.06. The summed E-state index contributed by atoms with van der Waals surface area (Å²) in [6.07, 6.45) is 0. The number of hydrogen-bond donors (Lipinski definition) is 1. The van der Waals surface area contributed by atoms with Crippen LogP contribution >= 0.6 is 23.4 Å². The van der Waals surface area contributed by atoms with Gasteiger partial charge in [-0.05, 0) is 48.7 Å². The Bertz CT molecular complexity index is 1160. The van der Waals surface area contributed by atoms with Crippen LogP contribution in [0.3, 0.4) is 0 Å². The van der Waals surface area contributed by atoms with Crippen molar-refractivity contribution in [2.45, 2.75) is 24.8 Å². The smallest absolute Gasteiger partial charge is 0.336 e. The third-order valence-corrected chi connectivity index (χ3v) is 5.46. The summed E-state index contributed by atoms with van der Waals surface area (Å²) in [6.45, 7) is 3.98. The molecule has 25 heavy (non-hydrogen) atoms. The second-order valence-electron chi connectivity index (χ2n) is 5.97. The number of aromatic nitrogens is 2. The van der Waals surface area contributed by atoms with Crippen LogP contribution in [-0.2, 0) is 5.75 Å².